The van der Waals surface area contributed by atoms with E-state index in [-0.39, 0.29) is 0 Å². The summed E-state index contributed by atoms with van der Waals surface area (Å²) in [4.78, 5) is 0. The number of nitrogens with one attached hydrogen (secondary N) is 1. The van der Waals surface area contributed by atoms with Crippen LogP contribution in [-0.2, 0) is 13.1 Å². The Labute approximate surface area is 105 Å². The van der Waals surface area contributed by atoms with Crippen molar-refractivity contribution in [1.29, 1.82) is 0 Å². The molecule has 1 saturated carbocycles. The molecule has 0 saturated heterocycles. The van der Waals surface area contributed by atoms with E-state index in [1.54, 1.807) is 0 Å². The fraction of sp³-hybridized carbons (Fsp3) is 0.786. The number of nitrogens with zero attached hydrogens (tertiary/aromatic N) is 2. The van der Waals surface area contributed by atoms with Gasteiger partial charge in [-0.2, -0.15) is 5.10 Å². The van der Waals surface area contributed by atoms with Gasteiger partial charge in [0.2, 0.25) is 0 Å². The number of aryl methyl sites for hydroxylation is 2. The van der Waals surface area contributed by atoms with Crippen molar-refractivity contribution in [2.45, 2.75) is 59.0 Å². The molecular formula is C14H25N3. The van der Waals surface area contributed by atoms with E-state index in [1.807, 2.05) is 0 Å². The number of aromatic nitrogens is 2. The molecule has 1 fully saturated rings. The van der Waals surface area contributed by atoms with Gasteiger partial charge in [0.1, 0.15) is 0 Å². The molecule has 3 heteroatoms. The van der Waals surface area contributed by atoms with Crippen LogP contribution in [0, 0.1) is 12.8 Å². The Morgan fingerprint density at radius 3 is 2.82 bits per heavy atom. The highest BCUT2D eigenvalue weighted by Gasteiger charge is 2.13. The van der Waals surface area contributed by atoms with Gasteiger partial charge in [-0.3, -0.25) is 4.68 Å². The number of rotatable bonds is 5. The summed E-state index contributed by atoms with van der Waals surface area (Å²) in [7, 11) is 0. The summed E-state index contributed by atoms with van der Waals surface area (Å²) >= 11 is 0. The van der Waals surface area contributed by atoms with E-state index in [9.17, 15) is 0 Å². The highest BCUT2D eigenvalue weighted by atomic mass is 15.3. The molecule has 1 aliphatic carbocycles. The molecule has 17 heavy (non-hydrogen) atoms. The van der Waals surface area contributed by atoms with Crippen LogP contribution in [0.25, 0.3) is 0 Å². The van der Waals surface area contributed by atoms with Crippen molar-refractivity contribution in [2.24, 2.45) is 5.92 Å². The zero-order valence-corrected chi connectivity index (χ0v) is 11.2. The summed E-state index contributed by atoms with van der Waals surface area (Å²) in [6, 6.07) is 2.19. The van der Waals surface area contributed by atoms with E-state index in [4.69, 9.17) is 0 Å². The second-order valence-electron chi connectivity index (χ2n) is 5.23. The zero-order valence-electron chi connectivity index (χ0n) is 11.2. The predicted octanol–water partition coefficient (Wildman–Crippen LogP) is 2.88. The predicted molar refractivity (Wildman–Crippen MR) is 70.9 cm³/mol. The first-order valence-electron chi connectivity index (χ1n) is 7.03. The van der Waals surface area contributed by atoms with Crippen LogP contribution in [0.2, 0.25) is 0 Å². The first-order chi connectivity index (χ1) is 8.29. The molecule has 0 unspecified atom stereocenters. The van der Waals surface area contributed by atoms with Gasteiger partial charge >= 0.3 is 0 Å². The monoisotopic (exact) mass is 235 g/mol. The fourth-order valence-corrected chi connectivity index (χ4v) is 2.81. The third-order valence-corrected chi connectivity index (χ3v) is 3.75. The normalized spacial score (nSPS) is 17.5. The molecular weight excluding hydrogens is 210 g/mol. The lowest BCUT2D eigenvalue weighted by Crippen LogP contribution is -2.25. The molecule has 0 aliphatic heterocycles. The fourth-order valence-electron chi connectivity index (χ4n) is 2.81. The molecule has 0 aromatic carbocycles. The molecule has 0 spiro atoms. The number of hydrogen-bond donors (Lipinski definition) is 1. The minimum Gasteiger partial charge on any atom is -0.311 e. The third kappa shape index (κ3) is 3.56. The molecule has 2 rings (SSSR count). The second-order valence-corrected chi connectivity index (χ2v) is 5.23. The average Bonchev–Trinajstić information content (AvgIpc) is 2.71. The van der Waals surface area contributed by atoms with Crippen LogP contribution in [0.1, 0.15) is 50.4 Å². The Morgan fingerprint density at radius 1 is 1.35 bits per heavy atom. The van der Waals surface area contributed by atoms with Gasteiger partial charge in [-0.15, -0.1) is 0 Å². The lowest BCUT2D eigenvalue weighted by Gasteiger charge is -2.21. The summed E-state index contributed by atoms with van der Waals surface area (Å²) in [5.74, 6) is 0.905. The molecule has 0 bridgehead atoms. The van der Waals surface area contributed by atoms with Crippen LogP contribution in [-0.4, -0.2) is 16.3 Å². The minimum absolute atomic E-state index is 0.905. The molecule has 3 nitrogen and oxygen atoms in total. The Bertz CT molecular complexity index is 337. The Kier molecular flexibility index (Phi) is 4.60. The Hall–Kier alpha value is -0.830. The van der Waals surface area contributed by atoms with E-state index >= 15 is 0 Å². The van der Waals surface area contributed by atoms with Gasteiger partial charge in [0.15, 0.2) is 0 Å². The maximum atomic E-state index is 4.47. The summed E-state index contributed by atoms with van der Waals surface area (Å²) in [6.45, 7) is 7.32. The van der Waals surface area contributed by atoms with Crippen molar-refractivity contribution in [3.63, 3.8) is 0 Å². The quantitative estimate of drug-likeness (QED) is 0.850. The van der Waals surface area contributed by atoms with Crippen LogP contribution in [0.4, 0.5) is 0 Å². The third-order valence-electron chi connectivity index (χ3n) is 3.75. The smallest absolute Gasteiger partial charge is 0.0597 e. The van der Waals surface area contributed by atoms with Gasteiger partial charge in [-0.25, -0.2) is 0 Å². The molecule has 1 N–H and O–H groups in total. The Morgan fingerprint density at radius 2 is 2.12 bits per heavy atom. The van der Waals surface area contributed by atoms with E-state index in [0.717, 1.165) is 24.7 Å². The van der Waals surface area contributed by atoms with Crippen LogP contribution in [0.15, 0.2) is 6.07 Å². The molecule has 0 amide bonds. The first kappa shape index (κ1) is 12.6. The van der Waals surface area contributed by atoms with Gasteiger partial charge in [-0.05, 0) is 45.2 Å². The molecule has 1 aromatic rings. The summed E-state index contributed by atoms with van der Waals surface area (Å²) in [6.07, 6.45) is 7.13. The van der Waals surface area contributed by atoms with Crippen LogP contribution in [0.3, 0.4) is 0 Å². The maximum Gasteiger partial charge on any atom is 0.0597 e. The van der Waals surface area contributed by atoms with Gasteiger partial charge in [0, 0.05) is 13.1 Å². The molecule has 0 radical (unpaired) electrons. The summed E-state index contributed by atoms with van der Waals surface area (Å²) in [5, 5.41) is 8.07. The minimum atomic E-state index is 0.905. The Balaban J connectivity index is 1.76. The van der Waals surface area contributed by atoms with Gasteiger partial charge in [0.25, 0.3) is 0 Å². The lowest BCUT2D eigenvalue weighted by atomic mass is 9.89. The SMILES string of the molecule is CCn1nc(C)cc1CNCC1CCCCC1. The highest BCUT2D eigenvalue weighted by Crippen LogP contribution is 2.22. The van der Waals surface area contributed by atoms with E-state index < -0.39 is 0 Å². The van der Waals surface area contributed by atoms with E-state index in [1.165, 1.54) is 44.3 Å². The van der Waals surface area contributed by atoms with Crippen molar-refractivity contribution < 1.29 is 0 Å². The van der Waals surface area contributed by atoms with Crippen LogP contribution >= 0.6 is 0 Å². The van der Waals surface area contributed by atoms with Crippen molar-refractivity contribution >= 4 is 0 Å². The van der Waals surface area contributed by atoms with Gasteiger partial charge < -0.3 is 5.32 Å². The highest BCUT2D eigenvalue weighted by molar-refractivity contribution is 5.08. The first-order valence-corrected chi connectivity index (χ1v) is 7.03. The van der Waals surface area contributed by atoms with Gasteiger partial charge in [-0.1, -0.05) is 19.3 Å². The zero-order chi connectivity index (χ0) is 12.1. The van der Waals surface area contributed by atoms with Crippen molar-refractivity contribution in [3.8, 4) is 0 Å². The molecule has 1 aromatic heterocycles. The van der Waals surface area contributed by atoms with E-state index in [2.05, 4.69) is 35.0 Å². The van der Waals surface area contributed by atoms with Crippen molar-refractivity contribution in [3.05, 3.63) is 17.5 Å². The average molecular weight is 235 g/mol. The second kappa shape index (κ2) is 6.20. The lowest BCUT2D eigenvalue weighted by molar-refractivity contribution is 0.340. The molecule has 1 heterocycles. The maximum absolute atomic E-state index is 4.47. The van der Waals surface area contributed by atoms with Gasteiger partial charge in [0.05, 0.1) is 11.4 Å². The van der Waals surface area contributed by atoms with Crippen LogP contribution in [0.5, 0.6) is 0 Å². The van der Waals surface area contributed by atoms with Crippen molar-refractivity contribution in [1.82, 2.24) is 15.1 Å². The number of hydrogen-bond acceptors (Lipinski definition) is 2. The molecule has 1 aliphatic rings. The summed E-state index contributed by atoms with van der Waals surface area (Å²) in [5.41, 5.74) is 2.45. The molecule has 0 atom stereocenters. The topological polar surface area (TPSA) is 29.9 Å². The van der Waals surface area contributed by atoms with Crippen molar-refractivity contribution in [2.75, 3.05) is 6.54 Å². The molecule has 96 valence electrons. The largest absolute Gasteiger partial charge is 0.311 e. The van der Waals surface area contributed by atoms with Crippen LogP contribution < -0.4 is 5.32 Å². The standard InChI is InChI=1S/C14H25N3/c1-3-17-14(9-12(2)16-17)11-15-10-13-7-5-4-6-8-13/h9,13,15H,3-8,10-11H2,1-2H3. The summed E-state index contributed by atoms with van der Waals surface area (Å²) < 4.78 is 2.10. The van der Waals surface area contributed by atoms with E-state index in [0.29, 0.717) is 0 Å².